The Morgan fingerprint density at radius 1 is 1.22 bits per heavy atom. The first-order valence-electron chi connectivity index (χ1n) is 11.3. The van der Waals surface area contributed by atoms with Gasteiger partial charge < -0.3 is 20.2 Å². The molecule has 2 aromatic rings. The number of hydrogen-bond acceptors (Lipinski definition) is 7. The van der Waals surface area contributed by atoms with Gasteiger partial charge in [-0.2, -0.15) is 0 Å². The molecule has 1 fully saturated rings. The van der Waals surface area contributed by atoms with E-state index in [-0.39, 0.29) is 23.8 Å². The fraction of sp³-hybridized carbons (Fsp3) is 0.565. The van der Waals surface area contributed by atoms with Gasteiger partial charge in [0.1, 0.15) is 12.1 Å². The Kier molecular flexibility index (Phi) is 7.07. The van der Waals surface area contributed by atoms with E-state index in [1.54, 1.807) is 12.5 Å². The van der Waals surface area contributed by atoms with Crippen molar-refractivity contribution in [3.05, 3.63) is 46.1 Å². The Morgan fingerprint density at radius 3 is 2.62 bits per heavy atom. The largest absolute Gasteiger partial charge is 0.387 e. The first-order chi connectivity index (χ1) is 15.3. The monoisotopic (exact) mass is 502 g/mol. The van der Waals surface area contributed by atoms with Gasteiger partial charge in [-0.15, -0.1) is 0 Å². The van der Waals surface area contributed by atoms with Crippen LogP contribution in [0.2, 0.25) is 0 Å². The second kappa shape index (κ2) is 9.80. The summed E-state index contributed by atoms with van der Waals surface area (Å²) in [6, 6.07) is 4.14. The SMILES string of the molecule is CC(C)NC[C@@H](C(=O)N1CCN(c2ncnc3c2[C@H](C)C[C@H]3O)CC1)c1ccc(Br)cn1. The van der Waals surface area contributed by atoms with Crippen LogP contribution in [-0.2, 0) is 4.79 Å². The molecule has 8 nitrogen and oxygen atoms in total. The standard InChI is InChI=1S/C23H31BrN6O2/c1-14(2)25-12-17(18-5-4-16(24)11-26-18)23(32)30-8-6-29(7-9-30)22-20-15(3)10-19(31)21(20)27-13-28-22/h4-5,11,13-15,17,19,25,31H,6-10,12H2,1-3H3/t15-,17-,19-/m1/s1. The maximum atomic E-state index is 13.5. The molecule has 0 bridgehead atoms. The van der Waals surface area contributed by atoms with Gasteiger partial charge in [-0.1, -0.05) is 20.8 Å². The lowest BCUT2D eigenvalue weighted by Crippen LogP contribution is -2.51. The van der Waals surface area contributed by atoms with E-state index in [2.05, 4.69) is 61.9 Å². The van der Waals surface area contributed by atoms with Crippen LogP contribution in [0.25, 0.3) is 0 Å². The van der Waals surface area contributed by atoms with Gasteiger partial charge in [-0.05, 0) is 40.4 Å². The van der Waals surface area contributed by atoms with Crippen molar-refractivity contribution in [1.29, 1.82) is 0 Å². The topological polar surface area (TPSA) is 94.5 Å². The summed E-state index contributed by atoms with van der Waals surface area (Å²) in [6.45, 7) is 9.49. The van der Waals surface area contributed by atoms with Gasteiger partial charge >= 0.3 is 0 Å². The predicted molar refractivity (Wildman–Crippen MR) is 127 cm³/mol. The second-order valence-corrected chi connectivity index (χ2v) is 9.89. The molecule has 0 aromatic carbocycles. The summed E-state index contributed by atoms with van der Waals surface area (Å²) in [7, 11) is 0. The summed E-state index contributed by atoms with van der Waals surface area (Å²) < 4.78 is 0.898. The number of aromatic nitrogens is 3. The fourth-order valence-corrected chi connectivity index (χ4v) is 4.81. The van der Waals surface area contributed by atoms with E-state index in [9.17, 15) is 9.90 Å². The molecule has 172 valence electrons. The Bertz CT molecular complexity index is 946. The summed E-state index contributed by atoms with van der Waals surface area (Å²) in [5, 5.41) is 13.7. The van der Waals surface area contributed by atoms with Gasteiger partial charge in [0, 0.05) is 55.0 Å². The van der Waals surface area contributed by atoms with Crippen LogP contribution in [0, 0.1) is 0 Å². The number of anilines is 1. The van der Waals surface area contributed by atoms with Crippen molar-refractivity contribution < 1.29 is 9.90 Å². The van der Waals surface area contributed by atoms with Crippen LogP contribution in [0.15, 0.2) is 29.1 Å². The average Bonchev–Trinajstić information content (AvgIpc) is 3.08. The second-order valence-electron chi connectivity index (χ2n) is 8.98. The first kappa shape index (κ1) is 23.1. The zero-order valence-electron chi connectivity index (χ0n) is 18.8. The van der Waals surface area contributed by atoms with E-state index in [0.717, 1.165) is 27.2 Å². The van der Waals surface area contributed by atoms with Crippen molar-refractivity contribution in [2.75, 3.05) is 37.6 Å². The number of carbonyl (C=O) groups excluding carboxylic acids is 1. The number of nitrogens with zero attached hydrogens (tertiary/aromatic N) is 5. The maximum absolute atomic E-state index is 13.5. The van der Waals surface area contributed by atoms with Crippen LogP contribution < -0.4 is 10.2 Å². The van der Waals surface area contributed by atoms with Gasteiger partial charge in [-0.3, -0.25) is 9.78 Å². The van der Waals surface area contributed by atoms with Crippen molar-refractivity contribution in [2.45, 2.75) is 51.2 Å². The van der Waals surface area contributed by atoms with Crippen LogP contribution in [0.4, 0.5) is 5.82 Å². The van der Waals surface area contributed by atoms with E-state index in [1.165, 1.54) is 0 Å². The number of aliphatic hydroxyl groups is 1. The molecular weight excluding hydrogens is 472 g/mol. The Morgan fingerprint density at radius 2 is 1.97 bits per heavy atom. The minimum Gasteiger partial charge on any atom is -0.387 e. The molecule has 3 atom stereocenters. The minimum absolute atomic E-state index is 0.101. The van der Waals surface area contributed by atoms with Crippen molar-refractivity contribution in [3.8, 4) is 0 Å². The maximum Gasteiger partial charge on any atom is 0.233 e. The van der Waals surface area contributed by atoms with Gasteiger partial charge in [-0.25, -0.2) is 9.97 Å². The van der Waals surface area contributed by atoms with E-state index >= 15 is 0 Å². The molecule has 32 heavy (non-hydrogen) atoms. The van der Waals surface area contributed by atoms with Crippen molar-refractivity contribution >= 4 is 27.7 Å². The average molecular weight is 503 g/mol. The zero-order valence-corrected chi connectivity index (χ0v) is 20.4. The quantitative estimate of drug-likeness (QED) is 0.626. The summed E-state index contributed by atoms with van der Waals surface area (Å²) >= 11 is 3.42. The van der Waals surface area contributed by atoms with Gasteiger partial charge in [0.15, 0.2) is 0 Å². The Labute approximate surface area is 197 Å². The number of fused-ring (bicyclic) bond motifs is 1. The Hall–Kier alpha value is -2.10. The van der Waals surface area contributed by atoms with E-state index < -0.39 is 6.10 Å². The summed E-state index contributed by atoms with van der Waals surface area (Å²) in [6.07, 6.45) is 3.45. The molecule has 4 rings (SSSR count). The smallest absolute Gasteiger partial charge is 0.233 e. The summed E-state index contributed by atoms with van der Waals surface area (Å²) in [5.74, 6) is 0.907. The number of amides is 1. The van der Waals surface area contributed by atoms with Crippen LogP contribution >= 0.6 is 15.9 Å². The van der Waals surface area contributed by atoms with Gasteiger partial charge in [0.05, 0.1) is 23.4 Å². The molecule has 2 aromatic heterocycles. The number of hydrogen-bond donors (Lipinski definition) is 2. The molecular formula is C23H31BrN6O2. The molecule has 1 saturated heterocycles. The van der Waals surface area contributed by atoms with E-state index in [4.69, 9.17) is 0 Å². The molecule has 1 aliphatic carbocycles. The molecule has 0 spiro atoms. The summed E-state index contributed by atoms with van der Waals surface area (Å²) in [5.41, 5.74) is 2.59. The number of nitrogens with one attached hydrogen (secondary N) is 1. The highest BCUT2D eigenvalue weighted by Crippen LogP contribution is 2.42. The number of halogens is 1. The highest BCUT2D eigenvalue weighted by Gasteiger charge is 2.35. The molecule has 9 heteroatoms. The number of aliphatic hydroxyl groups excluding tert-OH is 1. The fourth-order valence-electron chi connectivity index (χ4n) is 4.58. The number of rotatable bonds is 6. The molecule has 2 N–H and O–H groups in total. The third-order valence-electron chi connectivity index (χ3n) is 6.31. The predicted octanol–water partition coefficient (Wildman–Crippen LogP) is 2.61. The highest BCUT2D eigenvalue weighted by atomic mass is 79.9. The molecule has 1 amide bonds. The lowest BCUT2D eigenvalue weighted by Gasteiger charge is -2.38. The normalized spacial score (nSPS) is 21.7. The molecule has 0 saturated carbocycles. The molecule has 0 unspecified atom stereocenters. The van der Waals surface area contributed by atoms with Gasteiger partial charge in [0.2, 0.25) is 5.91 Å². The highest BCUT2D eigenvalue weighted by molar-refractivity contribution is 9.10. The lowest BCUT2D eigenvalue weighted by molar-refractivity contribution is -0.133. The van der Waals surface area contributed by atoms with Crippen molar-refractivity contribution in [2.24, 2.45) is 0 Å². The molecule has 0 radical (unpaired) electrons. The molecule has 2 aliphatic rings. The van der Waals surface area contributed by atoms with Crippen LogP contribution in [0.1, 0.15) is 62.1 Å². The number of pyridine rings is 1. The van der Waals surface area contributed by atoms with E-state index in [1.807, 2.05) is 17.0 Å². The third-order valence-corrected chi connectivity index (χ3v) is 6.77. The minimum atomic E-state index is -0.516. The molecule has 1 aliphatic heterocycles. The number of carbonyl (C=O) groups is 1. The van der Waals surface area contributed by atoms with E-state index in [0.29, 0.717) is 39.1 Å². The summed E-state index contributed by atoms with van der Waals surface area (Å²) in [4.78, 5) is 31.0. The first-order valence-corrected chi connectivity index (χ1v) is 12.1. The zero-order chi connectivity index (χ0) is 22.8. The van der Waals surface area contributed by atoms with Crippen LogP contribution in [0.5, 0.6) is 0 Å². The lowest BCUT2D eigenvalue weighted by atomic mass is 10.0. The molecule has 3 heterocycles. The Balaban J connectivity index is 1.47. The number of piperazine rings is 1. The van der Waals surface area contributed by atoms with Crippen LogP contribution in [0.3, 0.4) is 0 Å². The third kappa shape index (κ3) is 4.79. The van der Waals surface area contributed by atoms with Crippen LogP contribution in [-0.4, -0.2) is 69.6 Å². The van der Waals surface area contributed by atoms with Crippen molar-refractivity contribution in [1.82, 2.24) is 25.2 Å². The van der Waals surface area contributed by atoms with Crippen molar-refractivity contribution in [3.63, 3.8) is 0 Å². The van der Waals surface area contributed by atoms with Gasteiger partial charge in [0.25, 0.3) is 0 Å².